The third-order valence-electron chi connectivity index (χ3n) is 1.84. The van der Waals surface area contributed by atoms with E-state index in [1.807, 2.05) is 6.20 Å². The summed E-state index contributed by atoms with van der Waals surface area (Å²) in [6, 6.07) is 0. The SMILES string of the molecule is CCCCNC(=NCc1cncs1)NN. The summed E-state index contributed by atoms with van der Waals surface area (Å²) in [6.45, 7) is 3.65. The molecular weight excluding hydrogens is 210 g/mol. The van der Waals surface area contributed by atoms with Crippen LogP contribution >= 0.6 is 11.3 Å². The molecule has 1 aromatic heterocycles. The molecule has 0 aromatic carbocycles. The Hall–Kier alpha value is -1.14. The second kappa shape index (κ2) is 7.19. The van der Waals surface area contributed by atoms with E-state index in [4.69, 9.17) is 5.84 Å². The Morgan fingerprint density at radius 3 is 3.13 bits per heavy atom. The molecule has 0 spiro atoms. The molecule has 0 fully saturated rings. The van der Waals surface area contributed by atoms with Gasteiger partial charge in [-0.3, -0.25) is 10.4 Å². The molecule has 6 heteroatoms. The lowest BCUT2D eigenvalue weighted by Gasteiger charge is -2.07. The summed E-state index contributed by atoms with van der Waals surface area (Å²) in [5.74, 6) is 5.97. The van der Waals surface area contributed by atoms with Crippen molar-refractivity contribution in [3.63, 3.8) is 0 Å². The molecule has 1 rings (SSSR count). The van der Waals surface area contributed by atoms with E-state index in [1.54, 1.807) is 16.8 Å². The molecule has 0 aliphatic heterocycles. The van der Waals surface area contributed by atoms with Gasteiger partial charge in [0.15, 0.2) is 0 Å². The van der Waals surface area contributed by atoms with Crippen LogP contribution in [0.3, 0.4) is 0 Å². The maximum Gasteiger partial charge on any atom is 0.206 e. The van der Waals surface area contributed by atoms with Crippen molar-refractivity contribution in [3.8, 4) is 0 Å². The average molecular weight is 227 g/mol. The van der Waals surface area contributed by atoms with Gasteiger partial charge in [-0.15, -0.1) is 11.3 Å². The van der Waals surface area contributed by atoms with Crippen molar-refractivity contribution >= 4 is 17.3 Å². The fourth-order valence-corrected chi connectivity index (χ4v) is 1.53. The first kappa shape index (κ1) is 11.9. The van der Waals surface area contributed by atoms with Crippen molar-refractivity contribution in [2.24, 2.45) is 10.8 Å². The number of aromatic nitrogens is 1. The molecular formula is C9H17N5S. The second-order valence-electron chi connectivity index (χ2n) is 3.06. The Balaban J connectivity index is 2.33. The van der Waals surface area contributed by atoms with Gasteiger partial charge in [-0.05, 0) is 6.42 Å². The van der Waals surface area contributed by atoms with Gasteiger partial charge in [0, 0.05) is 17.6 Å². The van der Waals surface area contributed by atoms with Crippen LogP contribution in [-0.2, 0) is 6.54 Å². The van der Waals surface area contributed by atoms with Gasteiger partial charge in [0.05, 0.1) is 12.1 Å². The molecule has 0 amide bonds. The van der Waals surface area contributed by atoms with Crippen LogP contribution in [-0.4, -0.2) is 17.5 Å². The molecule has 1 aromatic rings. The van der Waals surface area contributed by atoms with E-state index in [0.29, 0.717) is 12.5 Å². The molecule has 0 aliphatic rings. The number of aliphatic imine (C=N–C) groups is 1. The summed E-state index contributed by atoms with van der Waals surface area (Å²) in [5, 5.41) is 3.13. The lowest BCUT2D eigenvalue weighted by Crippen LogP contribution is -2.41. The minimum Gasteiger partial charge on any atom is -0.355 e. The van der Waals surface area contributed by atoms with Crippen molar-refractivity contribution in [2.45, 2.75) is 26.3 Å². The summed E-state index contributed by atoms with van der Waals surface area (Å²) < 4.78 is 0. The quantitative estimate of drug-likeness (QED) is 0.229. The highest BCUT2D eigenvalue weighted by molar-refractivity contribution is 7.09. The number of thiazole rings is 1. The molecule has 1 heterocycles. The van der Waals surface area contributed by atoms with E-state index in [-0.39, 0.29) is 0 Å². The first-order chi connectivity index (χ1) is 7.36. The fraction of sp³-hybridized carbons (Fsp3) is 0.556. The van der Waals surface area contributed by atoms with E-state index >= 15 is 0 Å². The van der Waals surface area contributed by atoms with Crippen LogP contribution in [0.15, 0.2) is 16.7 Å². The number of hydrazine groups is 1. The molecule has 0 unspecified atom stereocenters. The maximum absolute atomic E-state index is 5.34. The molecule has 15 heavy (non-hydrogen) atoms. The Morgan fingerprint density at radius 2 is 2.53 bits per heavy atom. The first-order valence-electron chi connectivity index (χ1n) is 4.99. The number of unbranched alkanes of at least 4 members (excludes halogenated alkanes) is 1. The van der Waals surface area contributed by atoms with Gasteiger partial charge >= 0.3 is 0 Å². The highest BCUT2D eigenvalue weighted by Gasteiger charge is 1.96. The number of hydrogen-bond donors (Lipinski definition) is 3. The third-order valence-corrected chi connectivity index (χ3v) is 2.60. The summed E-state index contributed by atoms with van der Waals surface area (Å²) in [4.78, 5) is 9.40. The zero-order valence-electron chi connectivity index (χ0n) is 8.86. The number of nitrogens with zero attached hydrogens (tertiary/aromatic N) is 2. The summed E-state index contributed by atoms with van der Waals surface area (Å²) in [7, 11) is 0. The molecule has 0 atom stereocenters. The van der Waals surface area contributed by atoms with E-state index < -0.39 is 0 Å². The van der Waals surface area contributed by atoms with Gasteiger partial charge in [-0.25, -0.2) is 10.8 Å². The monoisotopic (exact) mass is 227 g/mol. The Bertz CT molecular complexity index is 283. The number of hydrogen-bond acceptors (Lipinski definition) is 4. The minimum atomic E-state index is 0.614. The predicted molar refractivity (Wildman–Crippen MR) is 63.5 cm³/mol. The predicted octanol–water partition coefficient (Wildman–Crippen LogP) is 0.852. The van der Waals surface area contributed by atoms with Crippen molar-refractivity contribution in [3.05, 3.63) is 16.6 Å². The molecule has 84 valence electrons. The second-order valence-corrected chi connectivity index (χ2v) is 4.03. The number of guanidine groups is 1. The lowest BCUT2D eigenvalue weighted by molar-refractivity contribution is 0.732. The van der Waals surface area contributed by atoms with Crippen LogP contribution < -0.4 is 16.6 Å². The van der Waals surface area contributed by atoms with Gasteiger partial charge in [0.1, 0.15) is 0 Å². The Morgan fingerprint density at radius 1 is 1.67 bits per heavy atom. The van der Waals surface area contributed by atoms with E-state index in [1.165, 1.54) is 0 Å². The molecule has 0 bridgehead atoms. The molecule has 5 nitrogen and oxygen atoms in total. The first-order valence-corrected chi connectivity index (χ1v) is 5.87. The van der Waals surface area contributed by atoms with Crippen LogP contribution in [0.25, 0.3) is 0 Å². The number of nitrogens with two attached hydrogens (primary N) is 1. The number of nitrogens with one attached hydrogen (secondary N) is 2. The van der Waals surface area contributed by atoms with Crippen molar-refractivity contribution in [1.29, 1.82) is 0 Å². The smallest absolute Gasteiger partial charge is 0.206 e. The third kappa shape index (κ3) is 4.75. The van der Waals surface area contributed by atoms with Crippen molar-refractivity contribution in [2.75, 3.05) is 6.54 Å². The normalized spacial score (nSPS) is 11.5. The van der Waals surface area contributed by atoms with Crippen LogP contribution in [0.5, 0.6) is 0 Å². The summed E-state index contributed by atoms with van der Waals surface area (Å²) in [5.41, 5.74) is 4.34. The summed E-state index contributed by atoms with van der Waals surface area (Å²) >= 11 is 1.59. The molecule has 0 aliphatic carbocycles. The lowest BCUT2D eigenvalue weighted by atomic mass is 10.3. The molecule has 0 saturated heterocycles. The van der Waals surface area contributed by atoms with Crippen molar-refractivity contribution in [1.82, 2.24) is 15.7 Å². The van der Waals surface area contributed by atoms with Crippen LogP contribution in [0, 0.1) is 0 Å². The van der Waals surface area contributed by atoms with Gasteiger partial charge in [0.2, 0.25) is 5.96 Å². The zero-order valence-corrected chi connectivity index (χ0v) is 9.68. The van der Waals surface area contributed by atoms with Crippen LogP contribution in [0.2, 0.25) is 0 Å². The largest absolute Gasteiger partial charge is 0.355 e. The van der Waals surface area contributed by atoms with Gasteiger partial charge in [-0.2, -0.15) is 0 Å². The fourth-order valence-electron chi connectivity index (χ4n) is 1.01. The van der Waals surface area contributed by atoms with Gasteiger partial charge in [0.25, 0.3) is 0 Å². The van der Waals surface area contributed by atoms with Crippen LogP contribution in [0.4, 0.5) is 0 Å². The minimum absolute atomic E-state index is 0.614. The van der Waals surface area contributed by atoms with Crippen molar-refractivity contribution < 1.29 is 0 Å². The maximum atomic E-state index is 5.34. The zero-order chi connectivity index (χ0) is 10.9. The molecule has 0 saturated carbocycles. The van der Waals surface area contributed by atoms with Gasteiger partial charge < -0.3 is 5.32 Å². The van der Waals surface area contributed by atoms with Gasteiger partial charge in [-0.1, -0.05) is 13.3 Å². The van der Waals surface area contributed by atoms with E-state index in [9.17, 15) is 0 Å². The highest BCUT2D eigenvalue weighted by Crippen LogP contribution is 2.06. The topological polar surface area (TPSA) is 75.3 Å². The van der Waals surface area contributed by atoms with E-state index in [0.717, 1.165) is 24.3 Å². The Kier molecular flexibility index (Phi) is 5.72. The molecule has 0 radical (unpaired) electrons. The Labute approximate surface area is 93.8 Å². The average Bonchev–Trinajstić information content (AvgIpc) is 2.76. The van der Waals surface area contributed by atoms with Crippen LogP contribution in [0.1, 0.15) is 24.6 Å². The molecule has 4 N–H and O–H groups in total. The highest BCUT2D eigenvalue weighted by atomic mass is 32.1. The van der Waals surface area contributed by atoms with E-state index in [2.05, 4.69) is 27.6 Å². The summed E-state index contributed by atoms with van der Waals surface area (Å²) in [6.07, 6.45) is 4.08. The standard InChI is InChI=1S/C9H17N5S/c1-2-3-4-12-9(14-10)13-6-8-5-11-7-15-8/h5,7H,2-4,6,10H2,1H3,(H2,12,13,14). The number of rotatable bonds is 5.